The lowest BCUT2D eigenvalue weighted by Gasteiger charge is -2.15. The molecule has 0 saturated heterocycles. The smallest absolute Gasteiger partial charge is 0.315 e. The van der Waals surface area contributed by atoms with Crippen LogP contribution in [0.5, 0.6) is 0 Å². The van der Waals surface area contributed by atoms with Crippen LogP contribution in [0.4, 0.5) is 10.8 Å². The quantitative estimate of drug-likeness (QED) is 0.786. The number of rotatable bonds is 5. The topological polar surface area (TPSA) is 105 Å². The van der Waals surface area contributed by atoms with Gasteiger partial charge < -0.3 is 16.2 Å². The number of nitrogens with zero attached hydrogens (tertiary/aromatic N) is 1. The van der Waals surface area contributed by atoms with Crippen molar-refractivity contribution in [3.63, 3.8) is 0 Å². The lowest BCUT2D eigenvalue weighted by Crippen LogP contribution is -2.28. The molecule has 0 fully saturated rings. The van der Waals surface area contributed by atoms with Gasteiger partial charge in [0.2, 0.25) is 5.91 Å². The van der Waals surface area contributed by atoms with Crippen LogP contribution in [0.3, 0.4) is 0 Å². The lowest BCUT2D eigenvalue weighted by atomic mass is 9.90. The molecule has 0 radical (unpaired) electrons. The minimum absolute atomic E-state index is 0.391. The predicted octanol–water partition coefficient (Wildman–Crippen LogP) is 2.35. The Morgan fingerprint density at radius 3 is 2.71 bits per heavy atom. The average Bonchev–Trinajstić information content (AvgIpc) is 2.88. The molecule has 0 aliphatic rings. The molecule has 1 aromatic carbocycles. The van der Waals surface area contributed by atoms with Crippen LogP contribution >= 0.6 is 11.3 Å². The summed E-state index contributed by atoms with van der Waals surface area (Å²) in [5, 5.41) is 14.5. The number of nitrogens with one attached hydrogen (secondary N) is 1. The highest BCUT2D eigenvalue weighted by atomic mass is 32.1. The van der Waals surface area contributed by atoms with Crippen molar-refractivity contribution in [3.8, 4) is 0 Å². The number of benzene rings is 1. The van der Waals surface area contributed by atoms with E-state index >= 15 is 0 Å². The third-order valence-electron chi connectivity index (χ3n) is 3.08. The molecule has 0 saturated carbocycles. The molecule has 0 atom stereocenters. The maximum atomic E-state index is 11.2. The van der Waals surface area contributed by atoms with E-state index in [2.05, 4.69) is 10.3 Å². The summed E-state index contributed by atoms with van der Waals surface area (Å²) in [7, 11) is 0. The second-order valence-corrected chi connectivity index (χ2v) is 5.90. The van der Waals surface area contributed by atoms with E-state index in [-0.39, 0.29) is 0 Å². The van der Waals surface area contributed by atoms with Gasteiger partial charge in [0.05, 0.1) is 5.69 Å². The Labute approximate surface area is 125 Å². The van der Waals surface area contributed by atoms with Gasteiger partial charge in [-0.15, -0.1) is 11.3 Å². The molecule has 0 unspecified atom stereocenters. The number of carbonyl (C=O) groups is 2. The van der Waals surface area contributed by atoms with Gasteiger partial charge in [-0.2, -0.15) is 0 Å². The van der Waals surface area contributed by atoms with E-state index in [0.717, 1.165) is 0 Å². The Hall–Kier alpha value is -2.41. The molecule has 2 aromatic rings. The van der Waals surface area contributed by atoms with Crippen LogP contribution in [-0.2, 0) is 10.2 Å². The van der Waals surface area contributed by atoms with Gasteiger partial charge in [0.1, 0.15) is 5.41 Å². The minimum atomic E-state index is -1.05. The molecule has 1 amide bonds. The molecule has 4 N–H and O–H groups in total. The highest BCUT2D eigenvalue weighted by molar-refractivity contribution is 7.13. The number of amides is 1. The molecular formula is C14H15N3O3S. The zero-order chi connectivity index (χ0) is 15.6. The van der Waals surface area contributed by atoms with E-state index < -0.39 is 17.3 Å². The van der Waals surface area contributed by atoms with Crippen LogP contribution in [0, 0.1) is 0 Å². The molecule has 0 aliphatic heterocycles. The summed E-state index contributed by atoms with van der Waals surface area (Å²) < 4.78 is 0. The van der Waals surface area contributed by atoms with Crippen LogP contribution in [0.2, 0.25) is 0 Å². The number of thiazole rings is 1. The van der Waals surface area contributed by atoms with Gasteiger partial charge in [0.25, 0.3) is 0 Å². The number of anilines is 2. The monoisotopic (exact) mass is 305 g/mol. The number of nitrogens with two attached hydrogens (primary N) is 1. The van der Waals surface area contributed by atoms with E-state index in [4.69, 9.17) is 5.73 Å². The fraction of sp³-hybridized carbons (Fsp3) is 0.214. The highest BCUT2D eigenvalue weighted by Gasteiger charge is 2.32. The number of carboxylic acid groups (broad SMARTS) is 1. The number of carbonyl (C=O) groups excluding carboxylic acids is 1. The summed E-state index contributed by atoms with van der Waals surface area (Å²) in [4.78, 5) is 26.6. The Kier molecular flexibility index (Phi) is 3.95. The second-order valence-electron chi connectivity index (χ2n) is 5.04. The van der Waals surface area contributed by atoms with Gasteiger partial charge in [-0.05, 0) is 32.0 Å². The summed E-state index contributed by atoms with van der Waals surface area (Å²) in [5.74, 6) is -1.44. The molecule has 21 heavy (non-hydrogen) atoms. The van der Waals surface area contributed by atoms with E-state index in [1.165, 1.54) is 11.3 Å². The Morgan fingerprint density at radius 1 is 1.38 bits per heavy atom. The van der Waals surface area contributed by atoms with Crippen molar-refractivity contribution in [1.29, 1.82) is 0 Å². The van der Waals surface area contributed by atoms with Crippen LogP contribution in [0.15, 0.2) is 29.6 Å². The van der Waals surface area contributed by atoms with Gasteiger partial charge in [-0.25, -0.2) is 4.98 Å². The van der Waals surface area contributed by atoms with E-state index in [1.54, 1.807) is 43.5 Å². The Bertz CT molecular complexity index is 694. The number of hydrogen-bond acceptors (Lipinski definition) is 5. The molecule has 6 nitrogen and oxygen atoms in total. The third kappa shape index (κ3) is 3.19. The number of aromatic nitrogens is 1. The van der Waals surface area contributed by atoms with E-state index in [9.17, 15) is 14.7 Å². The first kappa shape index (κ1) is 15.0. The predicted molar refractivity (Wildman–Crippen MR) is 81.0 cm³/mol. The van der Waals surface area contributed by atoms with Crippen molar-refractivity contribution in [2.45, 2.75) is 19.3 Å². The molecule has 7 heteroatoms. The summed E-state index contributed by atoms with van der Waals surface area (Å²) >= 11 is 1.30. The van der Waals surface area contributed by atoms with Gasteiger partial charge in [0, 0.05) is 16.6 Å². The molecule has 0 aliphatic carbocycles. The molecule has 1 aromatic heterocycles. The molecule has 0 spiro atoms. The third-order valence-corrected chi connectivity index (χ3v) is 3.84. The average molecular weight is 305 g/mol. The van der Waals surface area contributed by atoms with Crippen molar-refractivity contribution in [2.75, 3.05) is 5.32 Å². The highest BCUT2D eigenvalue weighted by Crippen LogP contribution is 2.29. The minimum Gasteiger partial charge on any atom is -0.481 e. The largest absolute Gasteiger partial charge is 0.481 e. The zero-order valence-corrected chi connectivity index (χ0v) is 12.4. The summed E-state index contributed by atoms with van der Waals surface area (Å²) in [6.45, 7) is 3.20. The van der Waals surface area contributed by atoms with Crippen molar-refractivity contribution < 1.29 is 14.7 Å². The van der Waals surface area contributed by atoms with Crippen LogP contribution in [0.25, 0.3) is 0 Å². The van der Waals surface area contributed by atoms with Crippen LogP contribution in [-0.4, -0.2) is 22.0 Å². The molecular weight excluding hydrogens is 290 g/mol. The molecule has 2 rings (SSSR count). The number of aliphatic carboxylic acids is 1. The molecule has 1 heterocycles. The Morgan fingerprint density at radius 2 is 2.10 bits per heavy atom. The first-order valence-electron chi connectivity index (χ1n) is 6.17. The van der Waals surface area contributed by atoms with E-state index in [1.807, 2.05) is 0 Å². The zero-order valence-electron chi connectivity index (χ0n) is 11.6. The standard InChI is InChI=1S/C14H15N3O3S/c1-14(2,12(19)20)10-7-21-13(17-10)16-9-5-3-4-8(6-9)11(15)18/h3-7H,1-2H3,(H2,15,18)(H,16,17)(H,19,20). The van der Waals surface area contributed by atoms with Crippen molar-refractivity contribution >= 4 is 34.0 Å². The lowest BCUT2D eigenvalue weighted by molar-refractivity contribution is -0.142. The number of primary amides is 1. The van der Waals surface area contributed by atoms with Gasteiger partial charge in [0.15, 0.2) is 5.13 Å². The number of hydrogen-bond donors (Lipinski definition) is 3. The van der Waals surface area contributed by atoms with Crippen molar-refractivity contribution in [2.24, 2.45) is 5.73 Å². The van der Waals surface area contributed by atoms with Gasteiger partial charge in [-0.1, -0.05) is 6.07 Å². The number of carboxylic acids is 1. The first-order valence-corrected chi connectivity index (χ1v) is 7.05. The SMILES string of the molecule is CC(C)(C(=O)O)c1csc(Nc2cccc(C(N)=O)c2)n1. The van der Waals surface area contributed by atoms with E-state index in [0.29, 0.717) is 22.1 Å². The second kappa shape index (κ2) is 5.53. The maximum absolute atomic E-state index is 11.2. The molecule has 110 valence electrons. The van der Waals surface area contributed by atoms with Crippen molar-refractivity contribution in [3.05, 3.63) is 40.9 Å². The van der Waals surface area contributed by atoms with Gasteiger partial charge in [-0.3, -0.25) is 9.59 Å². The van der Waals surface area contributed by atoms with Crippen molar-refractivity contribution in [1.82, 2.24) is 4.98 Å². The normalized spacial score (nSPS) is 11.1. The van der Waals surface area contributed by atoms with Gasteiger partial charge >= 0.3 is 5.97 Å². The first-order chi connectivity index (χ1) is 9.80. The fourth-order valence-electron chi connectivity index (χ4n) is 1.60. The maximum Gasteiger partial charge on any atom is 0.315 e. The summed E-state index contributed by atoms with van der Waals surface area (Å²) in [6, 6.07) is 6.72. The fourth-order valence-corrected chi connectivity index (χ4v) is 2.50. The summed E-state index contributed by atoms with van der Waals surface area (Å²) in [5.41, 5.74) is 5.71. The Balaban J connectivity index is 2.22. The molecule has 0 bridgehead atoms. The van der Waals surface area contributed by atoms with Crippen LogP contribution < -0.4 is 11.1 Å². The summed E-state index contributed by atoms with van der Waals surface area (Å²) in [6.07, 6.45) is 0. The van der Waals surface area contributed by atoms with Crippen LogP contribution in [0.1, 0.15) is 29.9 Å².